The molecule has 0 atom stereocenters. The van der Waals surface area contributed by atoms with Gasteiger partial charge in [0, 0.05) is 6.20 Å². The van der Waals surface area contributed by atoms with Crippen molar-refractivity contribution in [2.45, 2.75) is 26.4 Å². The van der Waals surface area contributed by atoms with Crippen molar-refractivity contribution in [1.82, 2.24) is 4.57 Å². The van der Waals surface area contributed by atoms with Crippen molar-refractivity contribution in [2.24, 2.45) is 0 Å². The minimum atomic E-state index is -0.814. The second-order valence-corrected chi connectivity index (χ2v) is 6.36. The molecule has 1 aliphatic heterocycles. The van der Waals surface area contributed by atoms with E-state index in [1.54, 1.807) is 6.92 Å². The van der Waals surface area contributed by atoms with Gasteiger partial charge in [-0.15, -0.1) is 0 Å². The lowest BCUT2D eigenvalue weighted by atomic mass is 10.2. The van der Waals surface area contributed by atoms with Gasteiger partial charge in [-0.2, -0.15) is 0 Å². The quantitative estimate of drug-likeness (QED) is 0.599. The molecule has 9 nitrogen and oxygen atoms in total. The van der Waals surface area contributed by atoms with Crippen LogP contribution in [0.25, 0.3) is 0 Å². The van der Waals surface area contributed by atoms with Gasteiger partial charge in [0.2, 0.25) is 5.43 Å². The van der Waals surface area contributed by atoms with Gasteiger partial charge in [0.15, 0.2) is 17.7 Å². The zero-order valence-corrected chi connectivity index (χ0v) is 16.8. The molecule has 160 valence electrons. The molecule has 0 radical (unpaired) electrons. The highest BCUT2D eigenvalue weighted by Crippen LogP contribution is 2.21. The lowest BCUT2D eigenvalue weighted by Crippen LogP contribution is -2.30. The fourth-order valence-corrected chi connectivity index (χ4v) is 2.98. The van der Waals surface area contributed by atoms with Crippen LogP contribution in [0.15, 0.2) is 41.3 Å². The fraction of sp³-hybridized carbons (Fsp3) is 0.381. The Morgan fingerprint density at radius 1 is 1.13 bits per heavy atom. The van der Waals surface area contributed by atoms with Gasteiger partial charge in [-0.3, -0.25) is 4.79 Å². The Morgan fingerprint density at radius 2 is 1.83 bits per heavy atom. The first kappa shape index (κ1) is 21.5. The Kier molecular flexibility index (Phi) is 7.21. The second-order valence-electron chi connectivity index (χ2n) is 6.36. The van der Waals surface area contributed by atoms with Gasteiger partial charge >= 0.3 is 11.9 Å². The van der Waals surface area contributed by atoms with Gasteiger partial charge in [-0.25, -0.2) is 9.59 Å². The first-order valence-corrected chi connectivity index (χ1v) is 9.48. The summed E-state index contributed by atoms with van der Waals surface area (Å²) in [7, 11) is 1.19. The number of nitrogens with zero attached hydrogens (tertiary/aromatic N) is 1. The molecule has 3 rings (SSSR count). The summed E-state index contributed by atoms with van der Waals surface area (Å²) in [5, 5.41) is 0. The summed E-state index contributed by atoms with van der Waals surface area (Å²) in [5.41, 5.74) is -0.367. The molecule has 1 aromatic heterocycles. The third-order valence-electron chi connectivity index (χ3n) is 4.37. The van der Waals surface area contributed by atoms with E-state index in [0.29, 0.717) is 13.2 Å². The van der Waals surface area contributed by atoms with Crippen molar-refractivity contribution in [2.75, 3.05) is 26.9 Å². The van der Waals surface area contributed by atoms with Gasteiger partial charge in [0.25, 0.3) is 0 Å². The normalized spacial score (nSPS) is 13.8. The molecule has 2 aromatic rings. The Labute approximate surface area is 173 Å². The summed E-state index contributed by atoms with van der Waals surface area (Å²) in [6, 6.07) is 9.11. The van der Waals surface area contributed by atoms with E-state index in [1.165, 1.54) is 17.9 Å². The van der Waals surface area contributed by atoms with E-state index in [9.17, 15) is 14.4 Å². The van der Waals surface area contributed by atoms with Crippen molar-refractivity contribution < 1.29 is 33.3 Å². The minimum absolute atomic E-state index is 0.0166. The number of ether oxygens (including phenoxy) is 5. The SMILES string of the molecule is CCOC(=O)c1cn(CC2OCCO2)c(C(=O)OC)c(OCc2ccccc2)c1=O. The Bertz CT molecular complexity index is 947. The number of rotatable bonds is 8. The topological polar surface area (TPSA) is 102 Å². The molecule has 1 saturated heterocycles. The van der Waals surface area contributed by atoms with Crippen molar-refractivity contribution in [3.05, 3.63) is 63.6 Å². The Hall–Kier alpha value is -3.17. The largest absolute Gasteiger partial charge is 0.482 e. The van der Waals surface area contributed by atoms with Crippen molar-refractivity contribution in [3.63, 3.8) is 0 Å². The maximum atomic E-state index is 13.0. The number of carbonyl (C=O) groups excluding carboxylic acids is 2. The lowest BCUT2D eigenvalue weighted by molar-refractivity contribution is -0.0531. The van der Waals surface area contributed by atoms with Crippen molar-refractivity contribution in [3.8, 4) is 5.75 Å². The molecule has 1 aliphatic rings. The average Bonchev–Trinajstić information content (AvgIpc) is 3.27. The highest BCUT2D eigenvalue weighted by Gasteiger charge is 2.29. The summed E-state index contributed by atoms with van der Waals surface area (Å²) >= 11 is 0. The number of esters is 2. The number of carbonyl (C=O) groups is 2. The Morgan fingerprint density at radius 3 is 2.47 bits per heavy atom. The molecule has 0 saturated carbocycles. The van der Waals surface area contributed by atoms with Crippen LogP contribution in [0.5, 0.6) is 5.75 Å². The molecule has 30 heavy (non-hydrogen) atoms. The number of pyridine rings is 1. The second kappa shape index (κ2) is 10.0. The molecule has 9 heteroatoms. The molecule has 0 unspecified atom stereocenters. The highest BCUT2D eigenvalue weighted by atomic mass is 16.7. The molecule has 2 heterocycles. The van der Waals surface area contributed by atoms with Crippen molar-refractivity contribution in [1.29, 1.82) is 0 Å². The zero-order valence-electron chi connectivity index (χ0n) is 16.8. The number of hydrogen-bond donors (Lipinski definition) is 0. The first-order chi connectivity index (χ1) is 14.5. The predicted octanol–water partition coefficient (Wildman–Crippen LogP) is 1.76. The van der Waals surface area contributed by atoms with E-state index >= 15 is 0 Å². The smallest absolute Gasteiger partial charge is 0.358 e. The molecule has 1 fully saturated rings. The molecular formula is C21H23NO8. The fourth-order valence-electron chi connectivity index (χ4n) is 2.98. The van der Waals surface area contributed by atoms with Crippen LogP contribution in [0.2, 0.25) is 0 Å². The summed E-state index contributed by atoms with van der Waals surface area (Å²) in [6.07, 6.45) is 0.598. The molecule has 0 N–H and O–H groups in total. The predicted molar refractivity (Wildman–Crippen MR) is 104 cm³/mol. The zero-order chi connectivity index (χ0) is 21.5. The van der Waals surface area contributed by atoms with Gasteiger partial charge in [-0.05, 0) is 12.5 Å². The van der Waals surface area contributed by atoms with E-state index in [1.807, 2.05) is 30.3 Å². The van der Waals surface area contributed by atoms with Crippen LogP contribution < -0.4 is 10.2 Å². The minimum Gasteiger partial charge on any atom is -0.482 e. The van der Waals surface area contributed by atoms with E-state index in [0.717, 1.165) is 5.56 Å². The third-order valence-corrected chi connectivity index (χ3v) is 4.37. The number of benzene rings is 1. The molecule has 0 amide bonds. The lowest BCUT2D eigenvalue weighted by Gasteiger charge is -2.19. The first-order valence-electron chi connectivity index (χ1n) is 9.48. The summed E-state index contributed by atoms with van der Waals surface area (Å²) in [6.45, 7) is 2.60. The molecular weight excluding hydrogens is 394 g/mol. The van der Waals surface area contributed by atoms with Crippen molar-refractivity contribution >= 4 is 11.9 Å². The summed E-state index contributed by atoms with van der Waals surface area (Å²) < 4.78 is 27.8. The van der Waals surface area contributed by atoms with Crippen LogP contribution in [0, 0.1) is 0 Å². The molecule has 0 spiro atoms. The Balaban J connectivity index is 2.08. The van der Waals surface area contributed by atoms with E-state index in [4.69, 9.17) is 23.7 Å². The molecule has 1 aromatic carbocycles. The molecule has 0 aliphatic carbocycles. The van der Waals surface area contributed by atoms with Crippen LogP contribution in [0.4, 0.5) is 0 Å². The van der Waals surface area contributed by atoms with Gasteiger partial charge in [0.1, 0.15) is 12.2 Å². The number of hydrogen-bond acceptors (Lipinski definition) is 8. The maximum Gasteiger partial charge on any atom is 0.358 e. The van der Waals surface area contributed by atoms with Gasteiger partial charge in [-0.1, -0.05) is 30.3 Å². The number of aromatic nitrogens is 1. The monoisotopic (exact) mass is 417 g/mol. The summed E-state index contributed by atoms with van der Waals surface area (Å²) in [5.74, 6) is -1.90. The van der Waals surface area contributed by atoms with Crippen LogP contribution in [-0.4, -0.2) is 49.7 Å². The van der Waals surface area contributed by atoms with Crippen LogP contribution in [0.1, 0.15) is 33.3 Å². The third kappa shape index (κ3) is 4.87. The van der Waals surface area contributed by atoms with Crippen LogP contribution >= 0.6 is 0 Å². The summed E-state index contributed by atoms with van der Waals surface area (Å²) in [4.78, 5) is 37.9. The van der Waals surface area contributed by atoms with Gasteiger partial charge < -0.3 is 28.3 Å². The van der Waals surface area contributed by atoms with Crippen LogP contribution in [0.3, 0.4) is 0 Å². The van der Waals surface area contributed by atoms with E-state index < -0.39 is 23.7 Å². The standard InChI is InChI=1S/C21H23NO8/c1-3-27-20(24)15-11-22(12-16-28-9-10-29-16)17(21(25)26-2)19(18(15)23)30-13-14-7-5-4-6-8-14/h4-8,11,16H,3,9-10,12-13H2,1-2H3. The van der Waals surface area contributed by atoms with Crippen LogP contribution in [-0.2, 0) is 32.1 Å². The number of methoxy groups -OCH3 is 1. The highest BCUT2D eigenvalue weighted by molar-refractivity contribution is 5.94. The maximum absolute atomic E-state index is 13.0. The van der Waals surface area contributed by atoms with E-state index in [-0.39, 0.29) is 36.8 Å². The van der Waals surface area contributed by atoms with Gasteiger partial charge in [0.05, 0.1) is 33.5 Å². The average molecular weight is 417 g/mol. The molecule has 0 bridgehead atoms. The van der Waals surface area contributed by atoms with E-state index in [2.05, 4.69) is 0 Å².